The summed E-state index contributed by atoms with van der Waals surface area (Å²) < 4.78 is 28.8. The molecule has 2 aromatic heterocycles. The van der Waals surface area contributed by atoms with E-state index in [0.29, 0.717) is 0 Å². The molecule has 4 atom stereocenters. The van der Waals surface area contributed by atoms with Crippen LogP contribution in [0.25, 0.3) is 11.2 Å². The van der Waals surface area contributed by atoms with Crippen LogP contribution in [0.1, 0.15) is 27.7 Å². The van der Waals surface area contributed by atoms with Crippen LogP contribution in [0, 0.1) is 0 Å². The minimum Gasteiger partial charge on any atom is -0.463 e. The van der Waals surface area contributed by atoms with Gasteiger partial charge in [0.15, 0.2) is 23.7 Å². The summed E-state index contributed by atoms with van der Waals surface area (Å²) in [6, 6.07) is 0. The van der Waals surface area contributed by atoms with E-state index in [4.69, 9.17) is 29.4 Å². The molecule has 14 heteroatoms. The summed E-state index contributed by atoms with van der Waals surface area (Å²) in [6.07, 6.45) is -1.22. The molecule has 3 heterocycles. The number of imidazole rings is 1. The molecule has 2 N–H and O–H groups in total. The second kappa shape index (κ2) is 9.36. The molecule has 33 heavy (non-hydrogen) atoms. The first-order valence-corrected chi connectivity index (χ1v) is 9.78. The molecule has 0 radical (unpaired) electrons. The molecule has 2 aromatic rings. The summed E-state index contributed by atoms with van der Waals surface area (Å²) in [7, 11) is 0. The maximum absolute atomic E-state index is 12.0. The van der Waals surface area contributed by atoms with Crippen LogP contribution in [0.5, 0.6) is 0 Å². The number of ether oxygens (including phenoxy) is 5. The van der Waals surface area contributed by atoms with Gasteiger partial charge < -0.3 is 29.4 Å². The second-order valence-electron chi connectivity index (χ2n) is 7.23. The van der Waals surface area contributed by atoms with Gasteiger partial charge in [0, 0.05) is 27.7 Å². The first-order valence-electron chi connectivity index (χ1n) is 9.78. The van der Waals surface area contributed by atoms with Crippen LogP contribution in [0.2, 0.25) is 0 Å². The van der Waals surface area contributed by atoms with E-state index in [1.807, 2.05) is 0 Å². The SMILES string of the molecule is CC(=O)OC[C@H]1OC(COC(C)=O)(n2cnc3c(N)ncnc32)[C@@H](OC(C)=O)[C@H]1OC(C)=O. The number of fused-ring (bicyclic) bond motifs is 1. The van der Waals surface area contributed by atoms with Crippen LogP contribution in [-0.2, 0) is 48.6 Å². The lowest BCUT2D eigenvalue weighted by Crippen LogP contribution is -2.52. The average molecular weight is 465 g/mol. The van der Waals surface area contributed by atoms with Crippen LogP contribution in [0.15, 0.2) is 12.7 Å². The summed E-state index contributed by atoms with van der Waals surface area (Å²) in [5.41, 5.74) is 4.45. The van der Waals surface area contributed by atoms with Crippen LogP contribution >= 0.6 is 0 Å². The van der Waals surface area contributed by atoms with Gasteiger partial charge in [0.1, 0.15) is 31.2 Å². The van der Waals surface area contributed by atoms with Gasteiger partial charge in [0.2, 0.25) is 5.72 Å². The summed E-state index contributed by atoms with van der Waals surface area (Å²) in [5, 5.41) is 0. The molecular weight excluding hydrogens is 442 g/mol. The molecule has 1 aliphatic rings. The van der Waals surface area contributed by atoms with Crippen LogP contribution < -0.4 is 5.73 Å². The Balaban J connectivity index is 2.21. The van der Waals surface area contributed by atoms with Crippen molar-refractivity contribution in [2.45, 2.75) is 51.7 Å². The topological polar surface area (TPSA) is 184 Å². The quantitative estimate of drug-likeness (QED) is 0.406. The lowest BCUT2D eigenvalue weighted by Gasteiger charge is -2.34. The van der Waals surface area contributed by atoms with Crippen molar-refractivity contribution in [1.29, 1.82) is 0 Å². The van der Waals surface area contributed by atoms with E-state index in [1.165, 1.54) is 31.1 Å². The van der Waals surface area contributed by atoms with Gasteiger partial charge in [0.25, 0.3) is 0 Å². The molecule has 1 aliphatic heterocycles. The smallest absolute Gasteiger partial charge is 0.303 e. The minimum atomic E-state index is -1.81. The van der Waals surface area contributed by atoms with Crippen molar-refractivity contribution in [3.8, 4) is 0 Å². The van der Waals surface area contributed by atoms with Gasteiger partial charge in [0.05, 0.1) is 6.33 Å². The standard InChI is InChI=1S/C19H23N5O9/c1-9(25)29-5-13-15(31-11(3)27)16(32-12(4)28)19(33-13,6-30-10(2)26)24-8-23-14-17(20)21-7-22-18(14)24/h7-8,13,15-16H,5-6H2,1-4H3,(H2,20,21,22)/t13-,15+,16+,19?/m1/s1. The maximum atomic E-state index is 12.0. The fraction of sp³-hybridized carbons (Fsp3) is 0.526. The highest BCUT2D eigenvalue weighted by Gasteiger charge is 2.62. The molecule has 14 nitrogen and oxygen atoms in total. The zero-order valence-electron chi connectivity index (χ0n) is 18.3. The van der Waals surface area contributed by atoms with Crippen LogP contribution in [0.4, 0.5) is 5.82 Å². The number of carbonyl (C=O) groups excluding carboxylic acids is 4. The molecule has 0 bridgehead atoms. The summed E-state index contributed by atoms with van der Waals surface area (Å²) >= 11 is 0. The van der Waals surface area contributed by atoms with Gasteiger partial charge >= 0.3 is 23.9 Å². The number of nitrogen functional groups attached to an aromatic ring is 1. The number of hydrogen-bond donors (Lipinski definition) is 1. The lowest BCUT2D eigenvalue weighted by molar-refractivity contribution is -0.200. The van der Waals surface area contributed by atoms with E-state index in [2.05, 4.69) is 15.0 Å². The third-order valence-corrected chi connectivity index (χ3v) is 4.76. The van der Waals surface area contributed by atoms with Crippen molar-refractivity contribution in [3.63, 3.8) is 0 Å². The van der Waals surface area contributed by atoms with Crippen molar-refractivity contribution < 1.29 is 42.9 Å². The molecule has 0 saturated carbocycles. The number of esters is 4. The van der Waals surface area contributed by atoms with E-state index in [9.17, 15) is 19.2 Å². The molecular formula is C19H23N5O9. The molecule has 1 fully saturated rings. The van der Waals surface area contributed by atoms with Gasteiger partial charge in [-0.3, -0.25) is 23.7 Å². The zero-order chi connectivity index (χ0) is 24.3. The number of aromatic nitrogens is 4. The van der Waals surface area contributed by atoms with Crippen LogP contribution in [0.3, 0.4) is 0 Å². The normalized spacial score (nSPS) is 24.3. The zero-order valence-corrected chi connectivity index (χ0v) is 18.3. The van der Waals surface area contributed by atoms with Crippen LogP contribution in [-0.4, -0.2) is 74.9 Å². The second-order valence-corrected chi connectivity index (χ2v) is 7.23. The third-order valence-electron chi connectivity index (χ3n) is 4.76. The Labute approximate surface area is 187 Å². The Bertz CT molecular complexity index is 1090. The summed E-state index contributed by atoms with van der Waals surface area (Å²) in [6.45, 7) is 3.82. The highest BCUT2D eigenvalue weighted by molar-refractivity contribution is 5.81. The highest BCUT2D eigenvalue weighted by atomic mass is 16.7. The fourth-order valence-electron chi connectivity index (χ4n) is 3.56. The Hall–Kier alpha value is -3.81. The number of nitrogens with two attached hydrogens (primary N) is 1. The van der Waals surface area contributed by atoms with Gasteiger partial charge in [-0.05, 0) is 0 Å². The van der Waals surface area contributed by atoms with Gasteiger partial charge in [-0.2, -0.15) is 0 Å². The van der Waals surface area contributed by atoms with Crippen molar-refractivity contribution in [2.24, 2.45) is 0 Å². The van der Waals surface area contributed by atoms with Crippen molar-refractivity contribution >= 4 is 40.9 Å². The van der Waals surface area contributed by atoms with Crippen molar-refractivity contribution in [3.05, 3.63) is 12.7 Å². The number of nitrogens with zero attached hydrogens (tertiary/aromatic N) is 4. The summed E-state index contributed by atoms with van der Waals surface area (Å²) in [5.74, 6) is -2.66. The predicted molar refractivity (Wildman–Crippen MR) is 107 cm³/mol. The minimum absolute atomic E-state index is 0.0661. The molecule has 0 aliphatic carbocycles. The first kappa shape index (κ1) is 23.8. The molecule has 1 unspecified atom stereocenters. The monoisotopic (exact) mass is 465 g/mol. The van der Waals surface area contributed by atoms with E-state index in [0.717, 1.165) is 13.8 Å². The van der Waals surface area contributed by atoms with E-state index in [1.54, 1.807) is 0 Å². The Morgan fingerprint density at radius 2 is 1.67 bits per heavy atom. The molecule has 1 saturated heterocycles. The third kappa shape index (κ3) is 4.84. The van der Waals surface area contributed by atoms with Gasteiger partial charge in [-0.1, -0.05) is 0 Å². The molecule has 0 aromatic carbocycles. The van der Waals surface area contributed by atoms with Crippen molar-refractivity contribution in [1.82, 2.24) is 19.5 Å². The highest BCUT2D eigenvalue weighted by Crippen LogP contribution is 2.41. The van der Waals surface area contributed by atoms with E-state index < -0.39 is 54.5 Å². The molecule has 178 valence electrons. The van der Waals surface area contributed by atoms with Gasteiger partial charge in [-0.15, -0.1) is 0 Å². The maximum Gasteiger partial charge on any atom is 0.303 e. The largest absolute Gasteiger partial charge is 0.463 e. The molecule has 0 spiro atoms. The summed E-state index contributed by atoms with van der Waals surface area (Å²) in [4.78, 5) is 59.3. The number of hydrogen-bond acceptors (Lipinski definition) is 13. The lowest BCUT2D eigenvalue weighted by atomic mass is 10.0. The Kier molecular flexibility index (Phi) is 6.76. The molecule has 0 amide bonds. The fourth-order valence-corrected chi connectivity index (χ4v) is 3.56. The Morgan fingerprint density at radius 3 is 2.27 bits per heavy atom. The van der Waals surface area contributed by atoms with E-state index >= 15 is 0 Å². The predicted octanol–water partition coefficient (Wildman–Crippen LogP) is -0.550. The Morgan fingerprint density at radius 1 is 1.00 bits per heavy atom. The molecule has 3 rings (SSSR count). The first-order chi connectivity index (χ1) is 15.5. The van der Waals surface area contributed by atoms with Gasteiger partial charge in [-0.25, -0.2) is 15.0 Å². The van der Waals surface area contributed by atoms with E-state index in [-0.39, 0.29) is 23.6 Å². The number of anilines is 1. The number of rotatable bonds is 7. The number of carbonyl (C=O) groups is 4. The van der Waals surface area contributed by atoms with Crippen molar-refractivity contribution in [2.75, 3.05) is 18.9 Å². The average Bonchev–Trinajstić information content (AvgIpc) is 3.26.